The molecule has 9 heteroatoms. The molecule has 2 atom stereocenters. The lowest BCUT2D eigenvalue weighted by Gasteiger charge is -2.28. The van der Waals surface area contributed by atoms with Crippen LogP contribution in [0.1, 0.15) is 174 Å². The van der Waals surface area contributed by atoms with E-state index in [0.29, 0.717) is 24.1 Å². The van der Waals surface area contributed by atoms with Crippen molar-refractivity contribution in [2.45, 2.75) is 180 Å². The fourth-order valence-corrected chi connectivity index (χ4v) is 6.46. The molecule has 0 fully saturated rings. The highest BCUT2D eigenvalue weighted by Crippen LogP contribution is 2.38. The van der Waals surface area contributed by atoms with Gasteiger partial charge >= 0.3 is 5.97 Å². The van der Waals surface area contributed by atoms with Crippen molar-refractivity contribution in [3.63, 3.8) is 0 Å². The first kappa shape index (κ1) is 52.5. The first-order chi connectivity index (χ1) is 26.1. The van der Waals surface area contributed by atoms with Crippen LogP contribution in [0.3, 0.4) is 0 Å². The van der Waals surface area contributed by atoms with Crippen LogP contribution >= 0.6 is 7.82 Å². The van der Waals surface area contributed by atoms with E-state index in [1.807, 2.05) is 21.1 Å². The average molecular weight is 782 g/mol. The minimum Gasteiger partial charge on any atom is -0.756 e. The van der Waals surface area contributed by atoms with Crippen molar-refractivity contribution in [1.82, 2.24) is 0 Å². The summed E-state index contributed by atoms with van der Waals surface area (Å²) in [5, 5.41) is 0. The topological polar surface area (TPSA) is 94.1 Å². The molecular weight excluding hydrogens is 697 g/mol. The number of unbranched alkanes of at least 4 members (excludes halogenated alkanes) is 18. The van der Waals surface area contributed by atoms with Crippen LogP contribution in [0.2, 0.25) is 0 Å². The number of hydrogen-bond donors (Lipinski definition) is 0. The Morgan fingerprint density at radius 3 is 1.63 bits per heavy atom. The summed E-state index contributed by atoms with van der Waals surface area (Å²) in [6.45, 7) is 5.26. The summed E-state index contributed by atoms with van der Waals surface area (Å²) in [5.74, 6) is -0.347. The van der Waals surface area contributed by atoms with E-state index in [2.05, 4.69) is 62.5 Å². The minimum atomic E-state index is -4.53. The Morgan fingerprint density at radius 2 is 1.07 bits per heavy atom. The summed E-state index contributed by atoms with van der Waals surface area (Å²) < 4.78 is 34.6. The predicted molar refractivity (Wildman–Crippen MR) is 226 cm³/mol. The van der Waals surface area contributed by atoms with Crippen molar-refractivity contribution >= 4 is 13.8 Å². The van der Waals surface area contributed by atoms with Gasteiger partial charge in [0.1, 0.15) is 19.3 Å². The summed E-state index contributed by atoms with van der Waals surface area (Å²) in [7, 11) is 1.34. The SMILES string of the molecule is CC/C=C\C/C=C\C/C=C\CCCCCCCCCC(=O)OC(COCCCCCCCC/C=C\CCCCCCC)COP(=O)([O-])OCC[N+](C)(C)C. The molecule has 0 spiro atoms. The molecule has 0 aliphatic heterocycles. The smallest absolute Gasteiger partial charge is 0.306 e. The predicted octanol–water partition coefficient (Wildman–Crippen LogP) is 12.1. The van der Waals surface area contributed by atoms with Crippen LogP contribution in [0.25, 0.3) is 0 Å². The summed E-state index contributed by atoms with van der Waals surface area (Å²) in [6, 6.07) is 0. The van der Waals surface area contributed by atoms with Gasteiger partial charge in [0, 0.05) is 13.0 Å². The van der Waals surface area contributed by atoms with Gasteiger partial charge in [0.05, 0.1) is 34.4 Å². The largest absolute Gasteiger partial charge is 0.756 e. The molecule has 0 aliphatic carbocycles. The number of allylic oxidation sites excluding steroid dienone is 8. The van der Waals surface area contributed by atoms with Crippen LogP contribution in [0.15, 0.2) is 48.6 Å². The van der Waals surface area contributed by atoms with Crippen LogP contribution in [0, 0.1) is 0 Å². The fraction of sp³-hybridized carbons (Fsp3) is 0.800. The van der Waals surface area contributed by atoms with Gasteiger partial charge in [-0.25, -0.2) is 0 Å². The molecule has 0 aromatic heterocycles. The number of likely N-dealkylation sites (N-methyl/N-ethyl adjacent to an activating group) is 1. The number of phosphoric ester groups is 1. The highest BCUT2D eigenvalue weighted by atomic mass is 31.2. The number of esters is 1. The van der Waals surface area contributed by atoms with E-state index in [1.54, 1.807) is 0 Å². The molecular formula is C45H84NO7P. The highest BCUT2D eigenvalue weighted by Gasteiger charge is 2.20. The lowest BCUT2D eigenvalue weighted by molar-refractivity contribution is -0.870. The molecule has 0 saturated heterocycles. The van der Waals surface area contributed by atoms with Gasteiger partial charge in [0.25, 0.3) is 7.82 Å². The Labute approximate surface area is 333 Å². The molecule has 0 heterocycles. The van der Waals surface area contributed by atoms with Gasteiger partial charge in [0.2, 0.25) is 0 Å². The zero-order valence-corrected chi connectivity index (χ0v) is 36.6. The molecule has 8 nitrogen and oxygen atoms in total. The average Bonchev–Trinajstić information content (AvgIpc) is 3.12. The highest BCUT2D eigenvalue weighted by molar-refractivity contribution is 7.45. The second-order valence-corrected chi connectivity index (χ2v) is 17.1. The Bertz CT molecular complexity index is 1000. The molecule has 0 bridgehead atoms. The standard InChI is InChI=1S/C45H84NO7P/c1-6-8-10-12-14-16-18-20-22-23-24-26-28-30-32-34-36-38-45(47)53-44(43-52-54(48,49)51-41-39-46(3,4)5)42-50-40-37-35-33-31-29-27-25-21-19-17-15-13-11-9-7-2/h8,10,14,16,19-22,44H,6-7,9,11-13,15,17-18,23-43H2,1-5H3/b10-8-,16-14-,21-19-,22-20-. The minimum absolute atomic E-state index is 0.0214. The molecule has 0 aromatic rings. The van der Waals surface area contributed by atoms with E-state index >= 15 is 0 Å². The van der Waals surface area contributed by atoms with Crippen molar-refractivity contribution in [3.05, 3.63) is 48.6 Å². The van der Waals surface area contributed by atoms with Crippen molar-refractivity contribution in [2.75, 3.05) is 54.1 Å². The first-order valence-corrected chi connectivity index (χ1v) is 23.3. The maximum Gasteiger partial charge on any atom is 0.306 e. The van der Waals surface area contributed by atoms with Crippen LogP contribution in [-0.2, 0) is 27.9 Å². The molecule has 0 rings (SSSR count). The van der Waals surface area contributed by atoms with E-state index < -0.39 is 13.9 Å². The van der Waals surface area contributed by atoms with Crippen LogP contribution in [-0.4, -0.2) is 70.7 Å². The van der Waals surface area contributed by atoms with E-state index in [0.717, 1.165) is 57.8 Å². The zero-order chi connectivity index (χ0) is 39.9. The first-order valence-electron chi connectivity index (χ1n) is 21.9. The quantitative estimate of drug-likeness (QED) is 0.0201. The molecule has 0 radical (unpaired) electrons. The maximum absolute atomic E-state index is 12.7. The number of ether oxygens (including phenoxy) is 2. The molecule has 2 unspecified atom stereocenters. The van der Waals surface area contributed by atoms with Crippen LogP contribution in [0.5, 0.6) is 0 Å². The van der Waals surface area contributed by atoms with Crippen molar-refractivity contribution in [3.8, 4) is 0 Å². The number of phosphoric acid groups is 1. The number of hydrogen-bond acceptors (Lipinski definition) is 7. The summed E-state index contributed by atoms with van der Waals surface area (Å²) in [4.78, 5) is 25.0. The summed E-state index contributed by atoms with van der Waals surface area (Å²) in [6.07, 6.45) is 45.4. The van der Waals surface area contributed by atoms with Gasteiger partial charge in [-0.15, -0.1) is 0 Å². The van der Waals surface area contributed by atoms with Crippen LogP contribution < -0.4 is 4.89 Å². The number of quaternary nitrogens is 1. The molecule has 54 heavy (non-hydrogen) atoms. The zero-order valence-electron chi connectivity index (χ0n) is 35.7. The monoisotopic (exact) mass is 782 g/mol. The molecule has 0 N–H and O–H groups in total. The number of rotatable bonds is 40. The fourth-order valence-electron chi connectivity index (χ4n) is 5.73. The van der Waals surface area contributed by atoms with Crippen molar-refractivity contribution < 1.29 is 37.3 Å². The number of carbonyl (C=O) groups excluding carboxylic acids is 1. The Morgan fingerprint density at radius 1 is 0.593 bits per heavy atom. The molecule has 316 valence electrons. The molecule has 0 saturated carbocycles. The lowest BCUT2D eigenvalue weighted by Crippen LogP contribution is -2.37. The Balaban J connectivity index is 4.27. The van der Waals surface area contributed by atoms with Gasteiger partial charge in [-0.2, -0.15) is 0 Å². The normalized spacial score (nSPS) is 14.3. The molecule has 0 amide bonds. The second-order valence-electron chi connectivity index (χ2n) is 15.7. The number of carbonyl (C=O) groups is 1. The van der Waals surface area contributed by atoms with E-state index in [-0.39, 0.29) is 25.8 Å². The van der Waals surface area contributed by atoms with E-state index in [9.17, 15) is 14.3 Å². The summed E-state index contributed by atoms with van der Waals surface area (Å²) in [5.41, 5.74) is 0. The lowest BCUT2D eigenvalue weighted by atomic mass is 10.1. The van der Waals surface area contributed by atoms with Gasteiger partial charge in [-0.3, -0.25) is 9.36 Å². The third-order valence-corrected chi connectivity index (χ3v) is 10.1. The maximum atomic E-state index is 12.7. The van der Waals surface area contributed by atoms with Crippen molar-refractivity contribution in [1.29, 1.82) is 0 Å². The van der Waals surface area contributed by atoms with Crippen LogP contribution in [0.4, 0.5) is 0 Å². The van der Waals surface area contributed by atoms with Crippen molar-refractivity contribution in [2.24, 2.45) is 0 Å². The van der Waals surface area contributed by atoms with Gasteiger partial charge in [-0.05, 0) is 70.6 Å². The summed E-state index contributed by atoms with van der Waals surface area (Å²) >= 11 is 0. The van der Waals surface area contributed by atoms with Gasteiger partial charge in [-0.1, -0.05) is 146 Å². The van der Waals surface area contributed by atoms with E-state index in [1.165, 1.54) is 96.3 Å². The molecule has 0 aliphatic rings. The van der Waals surface area contributed by atoms with Gasteiger partial charge < -0.3 is 27.9 Å². The number of nitrogens with zero attached hydrogens (tertiary/aromatic N) is 1. The third-order valence-electron chi connectivity index (χ3n) is 9.11. The third kappa shape index (κ3) is 41.6. The van der Waals surface area contributed by atoms with Gasteiger partial charge in [0.15, 0.2) is 0 Å². The Kier molecular flexibility index (Phi) is 37.2. The molecule has 0 aromatic carbocycles. The second kappa shape index (κ2) is 38.3. The Hall–Kier alpha value is -1.54. The van der Waals surface area contributed by atoms with E-state index in [4.69, 9.17) is 18.5 Å².